The van der Waals surface area contributed by atoms with Crippen LogP contribution in [0.2, 0.25) is 0 Å². The zero-order valence-corrected chi connectivity index (χ0v) is 21.0. The quantitative estimate of drug-likeness (QED) is 0.605. The molecule has 5 heteroatoms. The number of anilines is 1. The number of hydrogen-bond acceptors (Lipinski definition) is 3. The first-order valence-electron chi connectivity index (χ1n) is 13.1. The van der Waals surface area contributed by atoms with Crippen molar-refractivity contribution in [3.05, 3.63) is 64.7 Å². The largest absolute Gasteiger partial charge is 0.381 e. The molecule has 1 unspecified atom stereocenters. The molecule has 0 aromatic heterocycles. The van der Waals surface area contributed by atoms with Crippen molar-refractivity contribution >= 4 is 11.7 Å². The van der Waals surface area contributed by atoms with Gasteiger partial charge < -0.3 is 20.3 Å². The third-order valence-electron chi connectivity index (χ3n) is 8.68. The third kappa shape index (κ3) is 3.88. The molecule has 2 saturated heterocycles. The molecule has 1 saturated carbocycles. The molecule has 0 bridgehead atoms. The Morgan fingerprint density at radius 1 is 1.06 bits per heavy atom. The van der Waals surface area contributed by atoms with E-state index in [1.807, 2.05) is 0 Å². The van der Waals surface area contributed by atoms with Crippen LogP contribution in [0, 0.1) is 6.92 Å². The lowest BCUT2D eigenvalue weighted by molar-refractivity contribution is 0.183. The van der Waals surface area contributed by atoms with Gasteiger partial charge in [0, 0.05) is 31.3 Å². The summed E-state index contributed by atoms with van der Waals surface area (Å²) in [6.45, 7) is 10.2. The summed E-state index contributed by atoms with van der Waals surface area (Å²) >= 11 is 0. The minimum atomic E-state index is -0.109. The molecule has 3 aliphatic rings. The van der Waals surface area contributed by atoms with Crippen molar-refractivity contribution in [2.45, 2.75) is 76.3 Å². The number of hydrogen-bond donors (Lipinski definition) is 2. The fourth-order valence-electron chi connectivity index (χ4n) is 6.91. The summed E-state index contributed by atoms with van der Waals surface area (Å²) in [5, 5.41) is 6.26. The number of aryl methyl sites for hydroxylation is 1. The van der Waals surface area contributed by atoms with E-state index >= 15 is 0 Å². The highest BCUT2D eigenvalue weighted by atomic mass is 16.5. The van der Waals surface area contributed by atoms with Crippen LogP contribution < -0.4 is 15.5 Å². The third-order valence-corrected chi connectivity index (χ3v) is 8.68. The first-order valence-corrected chi connectivity index (χ1v) is 13.1. The lowest BCUT2D eigenvalue weighted by Crippen LogP contribution is -2.56. The first-order chi connectivity index (χ1) is 16.5. The lowest BCUT2D eigenvalue weighted by atomic mass is 9.68. The number of benzene rings is 2. The van der Waals surface area contributed by atoms with Crippen LogP contribution in [0.15, 0.2) is 42.5 Å². The van der Waals surface area contributed by atoms with Crippen LogP contribution in [0.1, 0.15) is 74.1 Å². The van der Waals surface area contributed by atoms with E-state index in [0.717, 1.165) is 64.8 Å². The Morgan fingerprint density at radius 3 is 2.41 bits per heavy atom. The van der Waals surface area contributed by atoms with Gasteiger partial charge in [-0.3, -0.25) is 0 Å². The van der Waals surface area contributed by atoms with Gasteiger partial charge in [0.15, 0.2) is 0 Å². The summed E-state index contributed by atoms with van der Waals surface area (Å²) < 4.78 is 5.81. The van der Waals surface area contributed by atoms with Gasteiger partial charge in [0.2, 0.25) is 0 Å². The average Bonchev–Trinajstić information content (AvgIpc) is 3.52. The Hall–Kier alpha value is -2.53. The van der Waals surface area contributed by atoms with Gasteiger partial charge in [0.1, 0.15) is 0 Å². The van der Waals surface area contributed by atoms with Gasteiger partial charge in [-0.1, -0.05) is 43.3 Å². The molecule has 2 aromatic rings. The standard InChI is InChI=1S/C29H39N3O2/c1-4-24-25(12-11-21(3)26(24)22-13-18-34-19-22)32(5-2)29(23-9-7-6-8-10-23)16-14-28(15-17-29)20-30-27(33)31-28/h6-12,22H,4-5,13-20H2,1-3H3,(H2,30,31,33). The van der Waals surface area contributed by atoms with Crippen LogP contribution in [0.3, 0.4) is 0 Å². The normalized spacial score (nSPS) is 28.7. The maximum Gasteiger partial charge on any atom is 0.315 e. The second kappa shape index (κ2) is 9.26. The number of carbonyl (C=O) groups is 1. The van der Waals surface area contributed by atoms with Gasteiger partial charge >= 0.3 is 6.03 Å². The van der Waals surface area contributed by atoms with E-state index in [1.54, 1.807) is 0 Å². The number of rotatable bonds is 6. The molecule has 2 amide bonds. The van der Waals surface area contributed by atoms with Gasteiger partial charge in [-0.2, -0.15) is 0 Å². The molecule has 1 aliphatic carbocycles. The van der Waals surface area contributed by atoms with Crippen LogP contribution in [0.25, 0.3) is 0 Å². The van der Waals surface area contributed by atoms with Crippen molar-refractivity contribution in [2.75, 3.05) is 31.2 Å². The minimum Gasteiger partial charge on any atom is -0.381 e. The Labute approximate surface area is 204 Å². The van der Waals surface area contributed by atoms with Crippen LogP contribution in [0.4, 0.5) is 10.5 Å². The van der Waals surface area contributed by atoms with Gasteiger partial charge in [-0.25, -0.2) is 4.79 Å². The minimum absolute atomic E-state index is 0.0187. The maximum absolute atomic E-state index is 12.0. The number of carbonyl (C=O) groups excluding carboxylic acids is 1. The van der Waals surface area contributed by atoms with Crippen molar-refractivity contribution in [1.82, 2.24) is 10.6 Å². The van der Waals surface area contributed by atoms with E-state index in [9.17, 15) is 4.79 Å². The summed E-state index contributed by atoms with van der Waals surface area (Å²) in [6, 6.07) is 15.7. The van der Waals surface area contributed by atoms with E-state index in [0.29, 0.717) is 5.92 Å². The predicted octanol–water partition coefficient (Wildman–Crippen LogP) is 5.41. The van der Waals surface area contributed by atoms with Crippen molar-refractivity contribution in [1.29, 1.82) is 0 Å². The lowest BCUT2D eigenvalue weighted by Gasteiger charge is -2.52. The maximum atomic E-state index is 12.0. The molecule has 0 radical (unpaired) electrons. The molecule has 2 aliphatic heterocycles. The second-order valence-corrected chi connectivity index (χ2v) is 10.4. The summed E-state index contributed by atoms with van der Waals surface area (Å²) in [6.07, 6.45) is 6.13. The fraction of sp³-hybridized carbons (Fsp3) is 0.552. The van der Waals surface area contributed by atoms with Gasteiger partial charge in [0.05, 0.1) is 17.7 Å². The van der Waals surface area contributed by atoms with Crippen LogP contribution in [-0.4, -0.2) is 37.9 Å². The predicted molar refractivity (Wildman–Crippen MR) is 138 cm³/mol. The molecule has 2 heterocycles. The van der Waals surface area contributed by atoms with Crippen molar-refractivity contribution in [3.8, 4) is 0 Å². The molecule has 2 aromatic carbocycles. The molecule has 1 atom stereocenters. The number of ether oxygens (including phenoxy) is 1. The second-order valence-electron chi connectivity index (χ2n) is 10.4. The summed E-state index contributed by atoms with van der Waals surface area (Å²) in [7, 11) is 0. The number of nitrogens with one attached hydrogen (secondary N) is 2. The SMILES string of the molecule is CCc1c(N(CC)C2(c3ccccc3)CCC3(CC2)CNC(=O)N3)ccc(C)c1C1CCOC1. The average molecular weight is 462 g/mol. The van der Waals surface area contributed by atoms with E-state index in [2.05, 4.69) is 78.8 Å². The van der Waals surface area contributed by atoms with Gasteiger partial charge in [0.25, 0.3) is 0 Å². The number of amides is 2. The fourth-order valence-corrected chi connectivity index (χ4v) is 6.91. The molecule has 34 heavy (non-hydrogen) atoms. The highest BCUT2D eigenvalue weighted by molar-refractivity contribution is 5.77. The zero-order chi connectivity index (χ0) is 23.8. The molecule has 5 nitrogen and oxygen atoms in total. The summed E-state index contributed by atoms with van der Waals surface area (Å²) in [5.74, 6) is 0.496. The Bertz CT molecular complexity index is 1020. The number of nitrogens with zero attached hydrogens (tertiary/aromatic N) is 1. The molecular formula is C29H39N3O2. The molecule has 182 valence electrons. The summed E-state index contributed by atoms with van der Waals surface area (Å²) in [4.78, 5) is 14.7. The van der Waals surface area contributed by atoms with Crippen LogP contribution >= 0.6 is 0 Å². The smallest absolute Gasteiger partial charge is 0.315 e. The summed E-state index contributed by atoms with van der Waals surface area (Å²) in [5.41, 5.74) is 6.97. The van der Waals surface area contributed by atoms with Crippen LogP contribution in [-0.2, 0) is 16.7 Å². The van der Waals surface area contributed by atoms with Crippen molar-refractivity contribution in [3.63, 3.8) is 0 Å². The van der Waals surface area contributed by atoms with Crippen molar-refractivity contribution < 1.29 is 9.53 Å². The molecule has 5 rings (SSSR count). The van der Waals surface area contributed by atoms with E-state index in [4.69, 9.17) is 4.74 Å². The van der Waals surface area contributed by atoms with Crippen molar-refractivity contribution in [2.24, 2.45) is 0 Å². The highest BCUT2D eigenvalue weighted by Crippen LogP contribution is 2.49. The molecular weight excluding hydrogens is 422 g/mol. The van der Waals surface area contributed by atoms with Crippen LogP contribution in [0.5, 0.6) is 0 Å². The van der Waals surface area contributed by atoms with E-state index in [1.165, 1.54) is 27.9 Å². The van der Waals surface area contributed by atoms with E-state index in [-0.39, 0.29) is 17.1 Å². The van der Waals surface area contributed by atoms with E-state index < -0.39 is 0 Å². The monoisotopic (exact) mass is 461 g/mol. The van der Waals surface area contributed by atoms with Gasteiger partial charge in [-0.05, 0) is 80.7 Å². The first kappa shape index (κ1) is 23.2. The van der Waals surface area contributed by atoms with Gasteiger partial charge in [-0.15, -0.1) is 0 Å². The molecule has 2 N–H and O–H groups in total. The zero-order valence-electron chi connectivity index (χ0n) is 21.0. The Morgan fingerprint density at radius 2 is 1.82 bits per heavy atom. The Balaban J connectivity index is 1.59. The highest BCUT2D eigenvalue weighted by Gasteiger charge is 2.49. The molecule has 1 spiro atoms. The Kier molecular flexibility index (Phi) is 6.32. The topological polar surface area (TPSA) is 53.6 Å². The molecule has 3 fully saturated rings. The number of urea groups is 1.